The van der Waals surface area contributed by atoms with E-state index in [1.807, 2.05) is 6.08 Å². The van der Waals surface area contributed by atoms with Crippen molar-refractivity contribution in [2.24, 2.45) is 5.92 Å². The van der Waals surface area contributed by atoms with E-state index >= 15 is 0 Å². The first kappa shape index (κ1) is 15.3. The van der Waals surface area contributed by atoms with Crippen molar-refractivity contribution in [2.45, 2.75) is 77.2 Å². The van der Waals surface area contributed by atoms with E-state index in [0.717, 1.165) is 12.8 Å². The molecule has 1 saturated heterocycles. The van der Waals surface area contributed by atoms with Crippen molar-refractivity contribution in [2.75, 3.05) is 0 Å². The minimum absolute atomic E-state index is 0.0457. The number of hydrogen-bond donors (Lipinski definition) is 0. The maximum absolute atomic E-state index is 11.4. The smallest absolute Gasteiger partial charge is 0.306 e. The number of cyclic esters (lactones) is 1. The normalized spacial score (nSPS) is 24.4. The number of esters is 1. The molecule has 1 rings (SSSR count). The fourth-order valence-electron chi connectivity index (χ4n) is 2.72. The molecule has 2 unspecified atom stereocenters. The van der Waals surface area contributed by atoms with Gasteiger partial charge in [-0.25, -0.2) is 0 Å². The second-order valence-electron chi connectivity index (χ2n) is 5.40. The average Bonchev–Trinajstić information content (AvgIpc) is 2.55. The van der Waals surface area contributed by atoms with E-state index in [2.05, 4.69) is 13.5 Å². The SMILES string of the molecule is C=CC1OC(=O)CCCC1CCCCCCCC. The van der Waals surface area contributed by atoms with Crippen LogP contribution < -0.4 is 0 Å². The fourth-order valence-corrected chi connectivity index (χ4v) is 2.72. The third-order valence-electron chi connectivity index (χ3n) is 3.85. The highest BCUT2D eigenvalue weighted by Gasteiger charge is 2.25. The second-order valence-corrected chi connectivity index (χ2v) is 5.40. The van der Waals surface area contributed by atoms with Gasteiger partial charge in [-0.1, -0.05) is 58.1 Å². The number of rotatable bonds is 8. The molecule has 104 valence electrons. The summed E-state index contributed by atoms with van der Waals surface area (Å²) >= 11 is 0. The molecule has 18 heavy (non-hydrogen) atoms. The highest BCUT2D eigenvalue weighted by atomic mass is 16.5. The van der Waals surface area contributed by atoms with Gasteiger partial charge in [0.25, 0.3) is 0 Å². The van der Waals surface area contributed by atoms with Crippen LogP contribution in [0.2, 0.25) is 0 Å². The van der Waals surface area contributed by atoms with E-state index < -0.39 is 0 Å². The minimum atomic E-state index is -0.0506. The lowest BCUT2D eigenvalue weighted by atomic mass is 9.91. The molecule has 0 saturated carbocycles. The van der Waals surface area contributed by atoms with Crippen LogP contribution in [0.15, 0.2) is 12.7 Å². The Morgan fingerprint density at radius 2 is 2.00 bits per heavy atom. The van der Waals surface area contributed by atoms with Crippen LogP contribution in [0.3, 0.4) is 0 Å². The molecule has 2 heteroatoms. The number of ether oxygens (including phenoxy) is 1. The summed E-state index contributed by atoms with van der Waals surface area (Å²) < 4.78 is 5.41. The maximum Gasteiger partial charge on any atom is 0.306 e. The van der Waals surface area contributed by atoms with Gasteiger partial charge in [-0.05, 0) is 25.2 Å². The molecule has 0 spiro atoms. The molecule has 1 fully saturated rings. The van der Waals surface area contributed by atoms with Gasteiger partial charge in [0.1, 0.15) is 6.10 Å². The topological polar surface area (TPSA) is 26.3 Å². The van der Waals surface area contributed by atoms with Gasteiger partial charge in [0.2, 0.25) is 0 Å². The molecule has 2 atom stereocenters. The second kappa shape index (κ2) is 9.18. The van der Waals surface area contributed by atoms with Crippen molar-refractivity contribution < 1.29 is 9.53 Å². The van der Waals surface area contributed by atoms with Gasteiger partial charge in [0.15, 0.2) is 0 Å². The molecule has 0 N–H and O–H groups in total. The Kier molecular flexibility index (Phi) is 7.79. The van der Waals surface area contributed by atoms with Crippen LogP contribution in [0.25, 0.3) is 0 Å². The standard InChI is InChI=1S/C16H28O2/c1-3-5-6-7-8-9-11-14-12-10-13-16(17)18-15(14)4-2/h4,14-15H,2-3,5-13H2,1H3. The lowest BCUT2D eigenvalue weighted by Gasteiger charge is -2.21. The van der Waals surface area contributed by atoms with Crippen molar-refractivity contribution in [1.82, 2.24) is 0 Å². The summed E-state index contributed by atoms with van der Waals surface area (Å²) in [6, 6.07) is 0. The molecule has 1 aliphatic rings. The first-order valence-corrected chi connectivity index (χ1v) is 7.60. The number of unbranched alkanes of at least 4 members (excludes halogenated alkanes) is 5. The van der Waals surface area contributed by atoms with Gasteiger partial charge in [-0.2, -0.15) is 0 Å². The molecule has 0 aliphatic carbocycles. The van der Waals surface area contributed by atoms with Gasteiger partial charge >= 0.3 is 5.97 Å². The molecular formula is C16H28O2. The lowest BCUT2D eigenvalue weighted by Crippen LogP contribution is -2.22. The van der Waals surface area contributed by atoms with E-state index in [9.17, 15) is 4.79 Å². The summed E-state index contributed by atoms with van der Waals surface area (Å²) in [4.78, 5) is 11.4. The summed E-state index contributed by atoms with van der Waals surface area (Å²) in [5, 5.41) is 0. The van der Waals surface area contributed by atoms with Gasteiger partial charge in [0, 0.05) is 6.42 Å². The molecular weight excluding hydrogens is 224 g/mol. The highest BCUT2D eigenvalue weighted by Crippen LogP contribution is 2.27. The third kappa shape index (κ3) is 5.70. The predicted octanol–water partition coefficient (Wildman–Crippen LogP) is 4.63. The van der Waals surface area contributed by atoms with Crippen LogP contribution in [0.4, 0.5) is 0 Å². The zero-order valence-electron chi connectivity index (χ0n) is 11.8. The van der Waals surface area contributed by atoms with E-state index in [1.54, 1.807) is 0 Å². The summed E-state index contributed by atoms with van der Waals surface area (Å²) in [5.74, 6) is 0.450. The molecule has 2 nitrogen and oxygen atoms in total. The van der Waals surface area contributed by atoms with Gasteiger partial charge in [-0.3, -0.25) is 4.79 Å². The molecule has 0 bridgehead atoms. The van der Waals surface area contributed by atoms with Crippen LogP contribution in [0.1, 0.15) is 71.1 Å². The van der Waals surface area contributed by atoms with Gasteiger partial charge in [-0.15, -0.1) is 0 Å². The van der Waals surface area contributed by atoms with Crippen molar-refractivity contribution in [3.8, 4) is 0 Å². The van der Waals surface area contributed by atoms with Crippen molar-refractivity contribution in [3.63, 3.8) is 0 Å². The Hall–Kier alpha value is -0.790. The maximum atomic E-state index is 11.4. The molecule has 0 aromatic carbocycles. The third-order valence-corrected chi connectivity index (χ3v) is 3.85. The first-order valence-electron chi connectivity index (χ1n) is 7.60. The molecule has 0 radical (unpaired) electrons. The Bertz CT molecular complexity index is 247. The Morgan fingerprint density at radius 3 is 2.72 bits per heavy atom. The fraction of sp³-hybridized carbons (Fsp3) is 0.812. The quantitative estimate of drug-likeness (QED) is 0.357. The summed E-state index contributed by atoms with van der Waals surface area (Å²) in [5.41, 5.74) is 0. The monoisotopic (exact) mass is 252 g/mol. The van der Waals surface area contributed by atoms with E-state index in [1.165, 1.54) is 44.9 Å². The summed E-state index contributed by atoms with van der Waals surface area (Å²) in [7, 11) is 0. The molecule has 0 aromatic heterocycles. The van der Waals surface area contributed by atoms with E-state index in [4.69, 9.17) is 4.74 Å². The first-order chi connectivity index (χ1) is 8.77. The summed E-state index contributed by atoms with van der Waals surface area (Å²) in [6.07, 6.45) is 13.5. The van der Waals surface area contributed by atoms with Crippen LogP contribution in [-0.4, -0.2) is 12.1 Å². The van der Waals surface area contributed by atoms with Crippen LogP contribution in [-0.2, 0) is 9.53 Å². The highest BCUT2D eigenvalue weighted by molar-refractivity contribution is 5.70. The number of hydrogen-bond acceptors (Lipinski definition) is 2. The predicted molar refractivity (Wildman–Crippen MR) is 75.4 cm³/mol. The molecule has 0 aromatic rings. The minimum Gasteiger partial charge on any atom is -0.458 e. The molecule has 1 aliphatic heterocycles. The van der Waals surface area contributed by atoms with Crippen molar-refractivity contribution in [1.29, 1.82) is 0 Å². The average molecular weight is 252 g/mol. The van der Waals surface area contributed by atoms with Gasteiger partial charge in [0.05, 0.1) is 0 Å². The summed E-state index contributed by atoms with van der Waals surface area (Å²) in [6.45, 7) is 6.05. The van der Waals surface area contributed by atoms with Crippen LogP contribution >= 0.6 is 0 Å². The molecule has 0 amide bonds. The van der Waals surface area contributed by atoms with Crippen molar-refractivity contribution >= 4 is 5.97 Å². The van der Waals surface area contributed by atoms with Crippen molar-refractivity contribution in [3.05, 3.63) is 12.7 Å². The Labute approximate surface area is 112 Å². The van der Waals surface area contributed by atoms with E-state index in [-0.39, 0.29) is 12.1 Å². The number of carbonyl (C=O) groups is 1. The zero-order chi connectivity index (χ0) is 13.2. The van der Waals surface area contributed by atoms with Crippen LogP contribution in [0, 0.1) is 5.92 Å². The van der Waals surface area contributed by atoms with Crippen LogP contribution in [0.5, 0.6) is 0 Å². The molecule has 1 heterocycles. The lowest BCUT2D eigenvalue weighted by molar-refractivity contribution is -0.147. The van der Waals surface area contributed by atoms with E-state index in [0.29, 0.717) is 12.3 Å². The van der Waals surface area contributed by atoms with Gasteiger partial charge < -0.3 is 4.74 Å². The number of carbonyl (C=O) groups excluding carboxylic acids is 1. The largest absolute Gasteiger partial charge is 0.458 e. The Morgan fingerprint density at radius 1 is 1.28 bits per heavy atom. The zero-order valence-corrected chi connectivity index (χ0v) is 11.8. The Balaban J connectivity index is 2.21.